The molecule has 0 aromatic heterocycles. The lowest BCUT2D eigenvalue weighted by atomic mass is 10.0. The Bertz CT molecular complexity index is 280. The standard InChI is InChI=1S/C6H12FO8P/c7-3-2(1-8)14-6(5(10)4(3)9)15-16(11,12)13/h2-6,8-10H,1H2,(H2,11,12,13)/t2-,3-,4+,5-,6-/m1/s1. The second kappa shape index (κ2) is 5.03. The summed E-state index contributed by atoms with van der Waals surface area (Å²) < 4.78 is 32.2. The number of aliphatic hydroxyl groups excluding tert-OH is 3. The Morgan fingerprint density at radius 1 is 1.31 bits per heavy atom. The number of hydrogen-bond donors (Lipinski definition) is 5. The number of ether oxygens (including phenoxy) is 1. The molecule has 5 atom stereocenters. The van der Waals surface area contributed by atoms with Crippen molar-refractivity contribution in [3.63, 3.8) is 0 Å². The van der Waals surface area contributed by atoms with Crippen LogP contribution >= 0.6 is 7.82 Å². The molecule has 0 aliphatic carbocycles. The van der Waals surface area contributed by atoms with E-state index in [9.17, 15) is 14.1 Å². The zero-order valence-electron chi connectivity index (χ0n) is 7.88. The molecule has 0 aromatic carbocycles. The summed E-state index contributed by atoms with van der Waals surface area (Å²) in [5.41, 5.74) is 0. The predicted octanol–water partition coefficient (Wildman–Crippen LogP) is -2.13. The quantitative estimate of drug-likeness (QED) is 0.364. The minimum absolute atomic E-state index is 0.827. The lowest BCUT2D eigenvalue weighted by molar-refractivity contribution is -0.268. The Labute approximate surface area is 89.5 Å². The molecule has 0 radical (unpaired) electrons. The Hall–Kier alpha value is -0.120. The second-order valence-electron chi connectivity index (χ2n) is 3.25. The SMILES string of the molecule is O=P(O)(O)O[C@H]1O[C@H](CO)[C@@H](F)[C@H](O)[C@H]1O. The molecule has 1 saturated heterocycles. The van der Waals surface area contributed by atoms with E-state index in [1.165, 1.54) is 0 Å². The second-order valence-corrected chi connectivity index (χ2v) is 4.44. The number of alkyl halides is 1. The van der Waals surface area contributed by atoms with Crippen molar-refractivity contribution >= 4 is 7.82 Å². The van der Waals surface area contributed by atoms with Crippen LogP contribution in [0.1, 0.15) is 0 Å². The van der Waals surface area contributed by atoms with Crippen molar-refractivity contribution in [1.82, 2.24) is 0 Å². The third-order valence-electron chi connectivity index (χ3n) is 2.04. The van der Waals surface area contributed by atoms with E-state index in [0.717, 1.165) is 0 Å². The fraction of sp³-hybridized carbons (Fsp3) is 1.00. The molecule has 0 aromatic rings. The molecular weight excluding hydrogens is 250 g/mol. The molecule has 0 saturated carbocycles. The lowest BCUT2D eigenvalue weighted by Gasteiger charge is -2.38. The molecule has 0 spiro atoms. The number of aliphatic hydroxyl groups is 3. The Balaban J connectivity index is 2.75. The maximum Gasteiger partial charge on any atom is 0.472 e. The molecule has 1 rings (SSSR count). The number of halogens is 1. The average molecular weight is 262 g/mol. The molecule has 1 aliphatic rings. The van der Waals surface area contributed by atoms with Crippen molar-refractivity contribution in [2.45, 2.75) is 30.8 Å². The zero-order chi connectivity index (χ0) is 12.5. The van der Waals surface area contributed by atoms with Crippen LogP contribution in [0, 0.1) is 0 Å². The van der Waals surface area contributed by atoms with Gasteiger partial charge in [0.05, 0.1) is 6.61 Å². The van der Waals surface area contributed by atoms with Crippen LogP contribution in [0.25, 0.3) is 0 Å². The van der Waals surface area contributed by atoms with E-state index < -0.39 is 45.2 Å². The van der Waals surface area contributed by atoms with Crippen LogP contribution in [0.3, 0.4) is 0 Å². The first-order valence-electron chi connectivity index (χ1n) is 4.26. The molecule has 8 nitrogen and oxygen atoms in total. The summed E-state index contributed by atoms with van der Waals surface area (Å²) in [5.74, 6) is 0. The van der Waals surface area contributed by atoms with E-state index in [1.54, 1.807) is 0 Å². The van der Waals surface area contributed by atoms with Gasteiger partial charge in [0.1, 0.15) is 18.3 Å². The Morgan fingerprint density at radius 3 is 2.31 bits per heavy atom. The Kier molecular flexibility index (Phi) is 4.38. The first-order valence-corrected chi connectivity index (χ1v) is 5.79. The van der Waals surface area contributed by atoms with Gasteiger partial charge in [-0.3, -0.25) is 4.52 Å². The first-order chi connectivity index (χ1) is 7.26. The average Bonchev–Trinajstić information content (AvgIpc) is 2.17. The highest BCUT2D eigenvalue weighted by Gasteiger charge is 2.47. The van der Waals surface area contributed by atoms with Crippen LogP contribution in [-0.4, -0.2) is 62.5 Å². The van der Waals surface area contributed by atoms with Crippen molar-refractivity contribution in [2.24, 2.45) is 0 Å². The molecule has 10 heteroatoms. The van der Waals surface area contributed by atoms with Crippen molar-refractivity contribution in [1.29, 1.82) is 0 Å². The molecule has 1 aliphatic heterocycles. The molecule has 5 N–H and O–H groups in total. The topological polar surface area (TPSA) is 137 Å². The van der Waals surface area contributed by atoms with E-state index in [0.29, 0.717) is 0 Å². The summed E-state index contributed by atoms with van der Waals surface area (Å²) in [6.45, 7) is -0.827. The number of rotatable bonds is 3. The van der Waals surface area contributed by atoms with Crippen molar-refractivity contribution in [2.75, 3.05) is 6.61 Å². The van der Waals surface area contributed by atoms with Crippen molar-refractivity contribution in [3.8, 4) is 0 Å². The minimum atomic E-state index is -4.95. The molecule has 1 heterocycles. The van der Waals surface area contributed by atoms with Gasteiger partial charge in [0.2, 0.25) is 0 Å². The monoisotopic (exact) mass is 262 g/mol. The summed E-state index contributed by atoms with van der Waals surface area (Å²) in [6.07, 6.45) is -9.40. The summed E-state index contributed by atoms with van der Waals surface area (Å²) in [6, 6.07) is 0. The predicted molar refractivity (Wildman–Crippen MR) is 45.8 cm³/mol. The van der Waals surface area contributed by atoms with E-state index in [1.807, 2.05) is 0 Å². The van der Waals surface area contributed by atoms with Crippen LogP contribution in [-0.2, 0) is 13.8 Å². The van der Waals surface area contributed by atoms with Gasteiger partial charge in [-0.05, 0) is 0 Å². The molecule has 0 bridgehead atoms. The summed E-state index contributed by atoms with van der Waals surface area (Å²) in [4.78, 5) is 16.9. The van der Waals surface area contributed by atoms with Crippen LogP contribution in [0.5, 0.6) is 0 Å². The molecule has 0 amide bonds. The summed E-state index contributed by atoms with van der Waals surface area (Å²) >= 11 is 0. The fourth-order valence-electron chi connectivity index (χ4n) is 1.26. The zero-order valence-corrected chi connectivity index (χ0v) is 8.77. The highest BCUT2D eigenvalue weighted by molar-refractivity contribution is 7.46. The van der Waals surface area contributed by atoms with E-state index in [2.05, 4.69) is 9.26 Å². The van der Waals surface area contributed by atoms with Gasteiger partial charge in [0.25, 0.3) is 0 Å². The smallest absolute Gasteiger partial charge is 0.394 e. The maximum absolute atomic E-state index is 13.2. The van der Waals surface area contributed by atoms with Crippen LogP contribution < -0.4 is 0 Å². The van der Waals surface area contributed by atoms with Gasteiger partial charge in [-0.15, -0.1) is 0 Å². The van der Waals surface area contributed by atoms with Crippen molar-refractivity contribution in [3.05, 3.63) is 0 Å². The molecular formula is C6H12FO8P. The highest BCUT2D eigenvalue weighted by atomic mass is 31.2. The summed E-state index contributed by atoms with van der Waals surface area (Å²) in [5, 5.41) is 27.1. The normalized spacial score (nSPS) is 41.0. The Morgan fingerprint density at radius 2 is 1.88 bits per heavy atom. The van der Waals surface area contributed by atoms with Crippen LogP contribution in [0.4, 0.5) is 4.39 Å². The van der Waals surface area contributed by atoms with Crippen LogP contribution in [0.2, 0.25) is 0 Å². The molecule has 16 heavy (non-hydrogen) atoms. The lowest BCUT2D eigenvalue weighted by Crippen LogP contribution is -2.57. The summed E-state index contributed by atoms with van der Waals surface area (Å²) in [7, 11) is -4.95. The fourth-order valence-corrected chi connectivity index (χ4v) is 1.71. The van der Waals surface area contributed by atoms with Crippen LogP contribution in [0.15, 0.2) is 0 Å². The highest BCUT2D eigenvalue weighted by Crippen LogP contribution is 2.40. The third-order valence-corrected chi connectivity index (χ3v) is 2.52. The number of phosphoric ester groups is 1. The van der Waals surface area contributed by atoms with E-state index in [-0.39, 0.29) is 0 Å². The van der Waals surface area contributed by atoms with Gasteiger partial charge in [0, 0.05) is 0 Å². The van der Waals surface area contributed by atoms with Gasteiger partial charge >= 0.3 is 7.82 Å². The molecule has 1 fully saturated rings. The minimum Gasteiger partial charge on any atom is -0.394 e. The largest absolute Gasteiger partial charge is 0.472 e. The molecule has 96 valence electrons. The van der Waals surface area contributed by atoms with Gasteiger partial charge in [-0.2, -0.15) is 0 Å². The van der Waals surface area contributed by atoms with Gasteiger partial charge in [-0.25, -0.2) is 8.96 Å². The van der Waals surface area contributed by atoms with Gasteiger partial charge in [-0.1, -0.05) is 0 Å². The first kappa shape index (κ1) is 13.9. The van der Waals surface area contributed by atoms with Gasteiger partial charge in [0.15, 0.2) is 12.5 Å². The number of phosphoric acid groups is 1. The van der Waals surface area contributed by atoms with E-state index in [4.69, 9.17) is 20.0 Å². The maximum atomic E-state index is 13.2. The number of hydrogen-bond acceptors (Lipinski definition) is 6. The van der Waals surface area contributed by atoms with Crippen molar-refractivity contribution < 1.29 is 43.3 Å². The molecule has 0 unspecified atom stereocenters. The van der Waals surface area contributed by atoms with Gasteiger partial charge < -0.3 is 29.8 Å². The van der Waals surface area contributed by atoms with E-state index >= 15 is 0 Å². The third kappa shape index (κ3) is 3.19.